The van der Waals surface area contributed by atoms with Crippen molar-refractivity contribution in [3.8, 4) is 0 Å². The highest BCUT2D eigenvalue weighted by molar-refractivity contribution is 5.94. The zero-order valence-corrected chi connectivity index (χ0v) is 14.4. The standard InChI is InChI=1S/C17H27N3O3/c1-10-9-13-14(19-20(4)15(13)11(2)23-10)16(22)18-17(3)7-5-12(21)6-8-17/h10-12,21H,5-9H2,1-4H3,(H,18,22)/t10-,11+,12?,17?/m1/s1. The fraction of sp³-hybridized carbons (Fsp3) is 0.765. The fourth-order valence-corrected chi connectivity index (χ4v) is 3.92. The highest BCUT2D eigenvalue weighted by atomic mass is 16.5. The van der Waals surface area contributed by atoms with Crippen LogP contribution in [0.5, 0.6) is 0 Å². The number of hydrogen-bond donors (Lipinski definition) is 2. The third kappa shape index (κ3) is 3.15. The molecular weight excluding hydrogens is 294 g/mol. The molecule has 1 saturated carbocycles. The highest BCUT2D eigenvalue weighted by Crippen LogP contribution is 2.33. The van der Waals surface area contributed by atoms with Gasteiger partial charge in [0.1, 0.15) is 0 Å². The zero-order valence-electron chi connectivity index (χ0n) is 14.4. The molecule has 1 amide bonds. The van der Waals surface area contributed by atoms with E-state index in [-0.39, 0.29) is 29.8 Å². The van der Waals surface area contributed by atoms with Crippen LogP contribution in [0.3, 0.4) is 0 Å². The van der Waals surface area contributed by atoms with Crippen molar-refractivity contribution in [2.24, 2.45) is 7.05 Å². The first-order valence-electron chi connectivity index (χ1n) is 8.51. The summed E-state index contributed by atoms with van der Waals surface area (Å²) in [6.07, 6.45) is 3.59. The molecule has 2 aliphatic rings. The predicted molar refractivity (Wildman–Crippen MR) is 86.2 cm³/mol. The number of carbonyl (C=O) groups is 1. The Kier molecular flexibility index (Phi) is 4.23. The maximum atomic E-state index is 12.8. The molecular formula is C17H27N3O3. The Hall–Kier alpha value is -1.40. The molecule has 2 atom stereocenters. The van der Waals surface area contributed by atoms with E-state index in [2.05, 4.69) is 17.3 Å². The lowest BCUT2D eigenvalue weighted by atomic mass is 9.81. The summed E-state index contributed by atoms with van der Waals surface area (Å²) < 4.78 is 7.62. The van der Waals surface area contributed by atoms with Crippen LogP contribution >= 0.6 is 0 Å². The Morgan fingerprint density at radius 2 is 2.04 bits per heavy atom. The van der Waals surface area contributed by atoms with Crippen molar-refractivity contribution in [2.75, 3.05) is 0 Å². The Bertz CT molecular complexity index is 602. The van der Waals surface area contributed by atoms with Gasteiger partial charge in [0.2, 0.25) is 0 Å². The molecule has 0 bridgehead atoms. The van der Waals surface area contributed by atoms with Crippen LogP contribution in [0.1, 0.15) is 74.3 Å². The summed E-state index contributed by atoms with van der Waals surface area (Å²) in [5, 5.41) is 17.3. The van der Waals surface area contributed by atoms with Crippen LogP contribution in [0.15, 0.2) is 0 Å². The Morgan fingerprint density at radius 1 is 1.39 bits per heavy atom. The van der Waals surface area contributed by atoms with E-state index in [1.54, 1.807) is 4.68 Å². The molecule has 1 aliphatic heterocycles. The van der Waals surface area contributed by atoms with Crippen molar-refractivity contribution < 1.29 is 14.6 Å². The molecule has 1 aliphatic carbocycles. The third-order valence-electron chi connectivity index (χ3n) is 5.20. The lowest BCUT2D eigenvalue weighted by Crippen LogP contribution is -2.49. The second kappa shape index (κ2) is 5.91. The minimum atomic E-state index is -0.261. The van der Waals surface area contributed by atoms with Crippen molar-refractivity contribution in [3.05, 3.63) is 17.0 Å². The van der Waals surface area contributed by atoms with Gasteiger partial charge in [0, 0.05) is 24.6 Å². The first-order valence-corrected chi connectivity index (χ1v) is 8.51. The van der Waals surface area contributed by atoms with Crippen molar-refractivity contribution in [3.63, 3.8) is 0 Å². The van der Waals surface area contributed by atoms with E-state index in [0.29, 0.717) is 12.1 Å². The number of hydrogen-bond acceptors (Lipinski definition) is 4. The van der Waals surface area contributed by atoms with Gasteiger partial charge in [0.05, 0.1) is 24.0 Å². The number of amides is 1. The number of ether oxygens (including phenoxy) is 1. The minimum Gasteiger partial charge on any atom is -0.393 e. The largest absolute Gasteiger partial charge is 0.393 e. The Labute approximate surface area is 137 Å². The normalized spacial score (nSPS) is 34.0. The van der Waals surface area contributed by atoms with Gasteiger partial charge in [0.25, 0.3) is 5.91 Å². The fourth-order valence-electron chi connectivity index (χ4n) is 3.92. The van der Waals surface area contributed by atoms with Gasteiger partial charge in [-0.1, -0.05) is 0 Å². The van der Waals surface area contributed by atoms with Crippen molar-refractivity contribution in [1.82, 2.24) is 15.1 Å². The number of fused-ring (bicyclic) bond motifs is 1. The number of aliphatic hydroxyl groups is 1. The van der Waals surface area contributed by atoms with E-state index in [0.717, 1.165) is 36.9 Å². The van der Waals surface area contributed by atoms with Gasteiger partial charge in [-0.3, -0.25) is 9.48 Å². The number of rotatable bonds is 2. The number of aliphatic hydroxyl groups excluding tert-OH is 1. The van der Waals surface area contributed by atoms with Crippen LogP contribution in [-0.2, 0) is 18.2 Å². The third-order valence-corrected chi connectivity index (χ3v) is 5.20. The Morgan fingerprint density at radius 3 is 2.70 bits per heavy atom. The smallest absolute Gasteiger partial charge is 0.272 e. The van der Waals surface area contributed by atoms with Crippen LogP contribution in [0.4, 0.5) is 0 Å². The topological polar surface area (TPSA) is 76.4 Å². The average molecular weight is 321 g/mol. The molecule has 1 fully saturated rings. The lowest BCUT2D eigenvalue weighted by molar-refractivity contribution is -0.00904. The molecule has 128 valence electrons. The molecule has 2 heterocycles. The summed E-state index contributed by atoms with van der Waals surface area (Å²) >= 11 is 0. The molecule has 0 saturated heterocycles. The molecule has 1 aromatic rings. The van der Waals surface area contributed by atoms with Crippen LogP contribution in [0.25, 0.3) is 0 Å². The number of nitrogens with zero attached hydrogens (tertiary/aromatic N) is 2. The van der Waals surface area contributed by atoms with E-state index in [1.165, 1.54) is 0 Å². The predicted octanol–water partition coefficient (Wildman–Crippen LogP) is 1.87. The monoisotopic (exact) mass is 321 g/mol. The van der Waals surface area contributed by atoms with Gasteiger partial charge in [0.15, 0.2) is 5.69 Å². The second-order valence-electron chi connectivity index (χ2n) is 7.38. The zero-order chi connectivity index (χ0) is 16.8. The quantitative estimate of drug-likeness (QED) is 0.872. The summed E-state index contributed by atoms with van der Waals surface area (Å²) in [7, 11) is 1.87. The molecule has 0 aromatic carbocycles. The summed E-state index contributed by atoms with van der Waals surface area (Å²) in [6.45, 7) is 6.08. The van der Waals surface area contributed by atoms with Gasteiger partial charge in [-0.2, -0.15) is 5.10 Å². The maximum Gasteiger partial charge on any atom is 0.272 e. The maximum absolute atomic E-state index is 12.8. The molecule has 3 rings (SSSR count). The van der Waals surface area contributed by atoms with Gasteiger partial charge < -0.3 is 15.2 Å². The average Bonchev–Trinajstić information content (AvgIpc) is 2.79. The lowest BCUT2D eigenvalue weighted by Gasteiger charge is -2.36. The van der Waals surface area contributed by atoms with E-state index < -0.39 is 0 Å². The van der Waals surface area contributed by atoms with E-state index in [4.69, 9.17) is 4.74 Å². The Balaban J connectivity index is 1.82. The van der Waals surface area contributed by atoms with Crippen LogP contribution in [0, 0.1) is 0 Å². The van der Waals surface area contributed by atoms with Crippen molar-refractivity contribution >= 4 is 5.91 Å². The van der Waals surface area contributed by atoms with Gasteiger partial charge in [-0.15, -0.1) is 0 Å². The van der Waals surface area contributed by atoms with Crippen molar-refractivity contribution in [2.45, 2.75) is 76.7 Å². The van der Waals surface area contributed by atoms with Gasteiger partial charge >= 0.3 is 0 Å². The molecule has 6 nitrogen and oxygen atoms in total. The van der Waals surface area contributed by atoms with Crippen LogP contribution in [-0.4, -0.2) is 38.5 Å². The number of carbonyl (C=O) groups excluding carboxylic acids is 1. The molecule has 1 aromatic heterocycles. The summed E-state index contributed by atoms with van der Waals surface area (Å²) in [6, 6.07) is 0. The van der Waals surface area contributed by atoms with E-state index in [1.807, 2.05) is 20.9 Å². The SMILES string of the molecule is C[C@@H]1Cc2c(C(=O)NC3(C)CCC(O)CC3)nn(C)c2[C@H](C)O1. The summed E-state index contributed by atoms with van der Waals surface area (Å²) in [4.78, 5) is 12.8. The van der Waals surface area contributed by atoms with E-state index >= 15 is 0 Å². The molecule has 2 N–H and O–H groups in total. The molecule has 0 radical (unpaired) electrons. The minimum absolute atomic E-state index is 0.0479. The van der Waals surface area contributed by atoms with Crippen LogP contribution in [0.2, 0.25) is 0 Å². The first-order chi connectivity index (χ1) is 10.8. The van der Waals surface area contributed by atoms with Gasteiger partial charge in [-0.05, 0) is 46.5 Å². The van der Waals surface area contributed by atoms with Crippen molar-refractivity contribution in [1.29, 1.82) is 0 Å². The molecule has 6 heteroatoms. The van der Waals surface area contributed by atoms with Gasteiger partial charge in [-0.25, -0.2) is 0 Å². The summed E-state index contributed by atoms with van der Waals surface area (Å²) in [5.74, 6) is -0.109. The van der Waals surface area contributed by atoms with E-state index in [9.17, 15) is 9.90 Å². The summed E-state index contributed by atoms with van der Waals surface area (Å²) in [5.41, 5.74) is 2.27. The van der Waals surface area contributed by atoms with Crippen LogP contribution < -0.4 is 5.32 Å². The first kappa shape index (κ1) is 16.5. The second-order valence-corrected chi connectivity index (χ2v) is 7.38. The number of aromatic nitrogens is 2. The highest BCUT2D eigenvalue weighted by Gasteiger charge is 2.35. The molecule has 0 unspecified atom stereocenters. The molecule has 0 spiro atoms. The number of nitrogens with one attached hydrogen (secondary N) is 1. The molecule has 23 heavy (non-hydrogen) atoms. The number of aryl methyl sites for hydroxylation is 1.